The number of carbonyl (C=O) groups excluding carboxylic acids is 1. The second-order valence-corrected chi connectivity index (χ2v) is 4.86. The van der Waals surface area contributed by atoms with Gasteiger partial charge in [-0.2, -0.15) is 5.10 Å². The van der Waals surface area contributed by atoms with Gasteiger partial charge in [-0.3, -0.25) is 4.68 Å². The van der Waals surface area contributed by atoms with Crippen molar-refractivity contribution in [2.75, 3.05) is 7.05 Å². The maximum atomic E-state index is 12.0. The minimum Gasteiger partial charge on any atom is -0.479 e. The monoisotopic (exact) mass is 266 g/mol. The lowest BCUT2D eigenvalue weighted by Crippen LogP contribution is -2.48. The summed E-state index contributed by atoms with van der Waals surface area (Å²) in [5.74, 6) is -1.09. The number of hydrogen-bond donors (Lipinski definition) is 2. The molecular weight excluding hydrogens is 248 g/mol. The van der Waals surface area contributed by atoms with Crippen molar-refractivity contribution >= 4 is 12.0 Å². The molecule has 0 bridgehead atoms. The van der Waals surface area contributed by atoms with E-state index in [4.69, 9.17) is 0 Å². The molecule has 19 heavy (non-hydrogen) atoms. The maximum absolute atomic E-state index is 12.0. The Balaban J connectivity index is 2.04. The molecule has 0 radical (unpaired) electrons. The SMILES string of the molecule is CN(C(=O)NC(C(=O)O)c1cnn(C)c1)C1CCC1. The van der Waals surface area contributed by atoms with Crippen molar-refractivity contribution < 1.29 is 14.7 Å². The first kappa shape index (κ1) is 13.4. The first-order valence-corrected chi connectivity index (χ1v) is 6.23. The molecule has 0 saturated heterocycles. The van der Waals surface area contributed by atoms with Crippen LogP contribution >= 0.6 is 0 Å². The van der Waals surface area contributed by atoms with E-state index in [0.29, 0.717) is 5.56 Å². The molecule has 0 aliphatic heterocycles. The topological polar surface area (TPSA) is 87.5 Å². The average Bonchev–Trinajstić information content (AvgIpc) is 2.69. The molecule has 1 fully saturated rings. The summed E-state index contributed by atoms with van der Waals surface area (Å²) < 4.78 is 1.51. The van der Waals surface area contributed by atoms with Crippen LogP contribution < -0.4 is 5.32 Å². The molecule has 104 valence electrons. The van der Waals surface area contributed by atoms with E-state index in [0.717, 1.165) is 19.3 Å². The normalized spacial score (nSPS) is 16.5. The minimum absolute atomic E-state index is 0.225. The first-order valence-electron chi connectivity index (χ1n) is 6.23. The highest BCUT2D eigenvalue weighted by Crippen LogP contribution is 2.24. The number of hydrogen-bond acceptors (Lipinski definition) is 3. The van der Waals surface area contributed by atoms with Crippen LogP contribution in [0.15, 0.2) is 12.4 Å². The lowest BCUT2D eigenvalue weighted by atomic mass is 9.92. The van der Waals surface area contributed by atoms with E-state index in [1.165, 1.54) is 10.9 Å². The van der Waals surface area contributed by atoms with Crippen molar-refractivity contribution in [2.24, 2.45) is 7.05 Å². The number of rotatable bonds is 4. The first-order chi connectivity index (χ1) is 8.99. The van der Waals surface area contributed by atoms with Gasteiger partial charge in [0.05, 0.1) is 6.20 Å². The lowest BCUT2D eigenvalue weighted by molar-refractivity contribution is -0.139. The Morgan fingerprint density at radius 1 is 1.58 bits per heavy atom. The summed E-state index contributed by atoms with van der Waals surface area (Å²) in [5, 5.41) is 15.7. The number of urea groups is 1. The Hall–Kier alpha value is -2.05. The lowest BCUT2D eigenvalue weighted by Gasteiger charge is -2.35. The highest BCUT2D eigenvalue weighted by molar-refractivity contribution is 5.83. The number of aliphatic carboxylic acids is 1. The Kier molecular flexibility index (Phi) is 3.73. The molecule has 2 N–H and O–H groups in total. The molecular formula is C12H18N4O3. The largest absolute Gasteiger partial charge is 0.479 e. The molecule has 0 spiro atoms. The highest BCUT2D eigenvalue weighted by atomic mass is 16.4. The van der Waals surface area contributed by atoms with Crippen molar-refractivity contribution in [2.45, 2.75) is 31.3 Å². The molecule has 2 rings (SSSR count). The third-order valence-corrected chi connectivity index (χ3v) is 3.52. The molecule has 1 saturated carbocycles. The van der Waals surface area contributed by atoms with Gasteiger partial charge >= 0.3 is 12.0 Å². The van der Waals surface area contributed by atoms with Crippen LogP contribution in [-0.4, -0.2) is 44.9 Å². The Morgan fingerprint density at radius 2 is 2.26 bits per heavy atom. The zero-order valence-corrected chi connectivity index (χ0v) is 11.0. The van der Waals surface area contributed by atoms with Crippen LogP contribution in [0.2, 0.25) is 0 Å². The van der Waals surface area contributed by atoms with Crippen molar-refractivity contribution in [1.82, 2.24) is 20.0 Å². The molecule has 2 amide bonds. The van der Waals surface area contributed by atoms with Crippen molar-refractivity contribution in [3.05, 3.63) is 18.0 Å². The summed E-state index contributed by atoms with van der Waals surface area (Å²) >= 11 is 0. The molecule has 0 aromatic carbocycles. The molecule has 7 heteroatoms. The highest BCUT2D eigenvalue weighted by Gasteiger charge is 2.29. The van der Waals surface area contributed by atoms with Gasteiger partial charge in [-0.15, -0.1) is 0 Å². The summed E-state index contributed by atoms with van der Waals surface area (Å²) in [4.78, 5) is 24.8. The Labute approximate surface area is 111 Å². The zero-order valence-electron chi connectivity index (χ0n) is 11.0. The van der Waals surface area contributed by atoms with Crippen LogP contribution in [0.3, 0.4) is 0 Å². The van der Waals surface area contributed by atoms with Gasteiger partial charge in [-0.25, -0.2) is 9.59 Å². The second-order valence-electron chi connectivity index (χ2n) is 4.86. The fourth-order valence-corrected chi connectivity index (χ4v) is 2.04. The summed E-state index contributed by atoms with van der Waals surface area (Å²) in [6.45, 7) is 0. The number of nitrogens with zero attached hydrogens (tertiary/aromatic N) is 3. The fourth-order valence-electron chi connectivity index (χ4n) is 2.04. The summed E-state index contributed by atoms with van der Waals surface area (Å²) in [6, 6.07) is -1.20. The van der Waals surface area contributed by atoms with Crippen LogP contribution in [0.4, 0.5) is 4.79 Å². The van der Waals surface area contributed by atoms with Gasteiger partial charge in [0.2, 0.25) is 0 Å². The summed E-state index contributed by atoms with van der Waals surface area (Å²) in [5.41, 5.74) is 0.463. The van der Waals surface area contributed by atoms with Crippen molar-refractivity contribution in [3.63, 3.8) is 0 Å². The van der Waals surface area contributed by atoms with Gasteiger partial charge in [-0.1, -0.05) is 0 Å². The molecule has 1 aliphatic carbocycles. The predicted octanol–water partition coefficient (Wildman–Crippen LogP) is 0.740. The van der Waals surface area contributed by atoms with Crippen LogP contribution in [0.5, 0.6) is 0 Å². The summed E-state index contributed by atoms with van der Waals surface area (Å²) in [6.07, 6.45) is 6.11. The van der Waals surface area contributed by atoms with Crippen molar-refractivity contribution in [1.29, 1.82) is 0 Å². The van der Waals surface area contributed by atoms with Gasteiger partial charge in [0.1, 0.15) is 0 Å². The number of aromatic nitrogens is 2. The minimum atomic E-state index is -1.09. The van der Waals surface area contributed by atoms with Crippen LogP contribution in [0.1, 0.15) is 30.9 Å². The number of carboxylic acids is 1. The third kappa shape index (κ3) is 2.86. The zero-order chi connectivity index (χ0) is 14.0. The molecule has 7 nitrogen and oxygen atoms in total. The van der Waals surface area contributed by atoms with Crippen LogP contribution in [0.25, 0.3) is 0 Å². The van der Waals surface area contributed by atoms with E-state index in [2.05, 4.69) is 10.4 Å². The maximum Gasteiger partial charge on any atom is 0.331 e. The number of carbonyl (C=O) groups is 2. The number of aryl methyl sites for hydroxylation is 1. The van der Waals surface area contributed by atoms with Gasteiger partial charge in [0, 0.05) is 31.9 Å². The molecule has 1 aromatic heterocycles. The number of amides is 2. The van der Waals surface area contributed by atoms with Gasteiger partial charge in [-0.05, 0) is 19.3 Å². The smallest absolute Gasteiger partial charge is 0.331 e. The van der Waals surface area contributed by atoms with E-state index in [-0.39, 0.29) is 12.1 Å². The fraction of sp³-hybridized carbons (Fsp3) is 0.583. The van der Waals surface area contributed by atoms with Gasteiger partial charge in [0.15, 0.2) is 6.04 Å². The van der Waals surface area contributed by atoms with E-state index < -0.39 is 12.0 Å². The molecule has 1 heterocycles. The Bertz CT molecular complexity index is 481. The summed E-state index contributed by atoms with van der Waals surface area (Å²) in [7, 11) is 3.39. The van der Waals surface area contributed by atoms with E-state index >= 15 is 0 Å². The molecule has 1 aliphatic rings. The van der Waals surface area contributed by atoms with Crippen LogP contribution in [-0.2, 0) is 11.8 Å². The predicted molar refractivity (Wildman–Crippen MR) is 67.5 cm³/mol. The van der Waals surface area contributed by atoms with Gasteiger partial charge < -0.3 is 15.3 Å². The number of carboxylic acid groups (broad SMARTS) is 1. The molecule has 1 atom stereocenters. The average molecular weight is 266 g/mol. The van der Waals surface area contributed by atoms with E-state index in [1.54, 1.807) is 25.2 Å². The molecule has 1 unspecified atom stereocenters. The second kappa shape index (κ2) is 5.29. The number of nitrogens with one attached hydrogen (secondary N) is 1. The van der Waals surface area contributed by atoms with Crippen LogP contribution in [0, 0.1) is 0 Å². The molecule has 1 aromatic rings. The van der Waals surface area contributed by atoms with Gasteiger partial charge in [0.25, 0.3) is 0 Å². The Morgan fingerprint density at radius 3 is 2.68 bits per heavy atom. The standard InChI is InChI=1S/C12H18N4O3/c1-15-7-8(6-13-15)10(11(17)18)14-12(19)16(2)9-4-3-5-9/h6-7,9-10H,3-5H2,1-2H3,(H,14,19)(H,17,18). The van der Waals surface area contributed by atoms with E-state index in [9.17, 15) is 14.7 Å². The third-order valence-electron chi connectivity index (χ3n) is 3.52. The van der Waals surface area contributed by atoms with Crippen molar-refractivity contribution in [3.8, 4) is 0 Å². The quantitative estimate of drug-likeness (QED) is 0.841. The van der Waals surface area contributed by atoms with E-state index in [1.807, 2.05) is 0 Å².